The molecule has 1 amide bonds. The van der Waals surface area contributed by atoms with E-state index in [1.54, 1.807) is 0 Å². The number of likely N-dealkylation sites (tertiary alicyclic amines) is 1. The van der Waals surface area contributed by atoms with E-state index in [0.29, 0.717) is 25.7 Å². The average Bonchev–Trinajstić information content (AvgIpc) is 3.45. The van der Waals surface area contributed by atoms with Crippen molar-refractivity contribution in [3.63, 3.8) is 0 Å². The molecule has 2 heterocycles. The molecule has 41 heavy (non-hydrogen) atoms. The Morgan fingerprint density at radius 1 is 0.902 bits per heavy atom. The lowest BCUT2D eigenvalue weighted by atomic mass is 9.98. The Labute approximate surface area is 246 Å². The normalized spacial score (nSPS) is 16.1. The number of nitrogens with one attached hydrogen (secondary N) is 1. The molecule has 1 unspecified atom stereocenters. The maximum absolute atomic E-state index is 12.8. The van der Waals surface area contributed by atoms with E-state index < -0.39 is 0 Å². The van der Waals surface area contributed by atoms with Gasteiger partial charge in [-0.3, -0.25) is 9.69 Å². The van der Waals surface area contributed by atoms with Crippen LogP contribution in [0.4, 0.5) is 5.69 Å². The van der Waals surface area contributed by atoms with E-state index in [2.05, 4.69) is 81.2 Å². The van der Waals surface area contributed by atoms with Crippen molar-refractivity contribution < 1.29 is 19.0 Å². The first kappa shape index (κ1) is 30.4. The topological polar surface area (TPSA) is 60.0 Å². The summed E-state index contributed by atoms with van der Waals surface area (Å²) in [5.41, 5.74) is 7.24. The fraction of sp³-hybridized carbons (Fsp3) is 0.457. The summed E-state index contributed by atoms with van der Waals surface area (Å²) in [5.74, 6) is 3.14. The van der Waals surface area contributed by atoms with Crippen molar-refractivity contribution in [2.45, 2.75) is 66.2 Å². The largest absolute Gasteiger partial charge is 0.494 e. The minimum Gasteiger partial charge on any atom is -0.494 e. The van der Waals surface area contributed by atoms with Gasteiger partial charge >= 0.3 is 0 Å². The standard InChI is InChI=1S/C25H32N2O3.C10H14O/c1-4-18-12-17(3)13-19(5-2)25(18)26-24(28)16-27-9-8-21(15-27)20-6-7-22-23(14-20)30-11-10-29-22;1-3-8-11-10-6-4-9(2)5-7-10/h6-7,12-14,21H,4-5,8-11,15-16H2,1-3H3,(H,26,28);4-7H,3,8H2,1-2H3. The highest BCUT2D eigenvalue weighted by Crippen LogP contribution is 2.36. The van der Waals surface area contributed by atoms with Crippen LogP contribution in [0, 0.1) is 13.8 Å². The zero-order chi connectivity index (χ0) is 29.2. The Morgan fingerprint density at radius 2 is 1.59 bits per heavy atom. The van der Waals surface area contributed by atoms with Gasteiger partial charge in [-0.25, -0.2) is 0 Å². The van der Waals surface area contributed by atoms with Crippen molar-refractivity contribution in [2.75, 3.05) is 44.8 Å². The van der Waals surface area contributed by atoms with E-state index >= 15 is 0 Å². The molecule has 0 radical (unpaired) electrons. The van der Waals surface area contributed by atoms with Crippen molar-refractivity contribution in [2.24, 2.45) is 0 Å². The van der Waals surface area contributed by atoms with Crippen LogP contribution < -0.4 is 19.5 Å². The lowest BCUT2D eigenvalue weighted by Gasteiger charge is -2.21. The van der Waals surface area contributed by atoms with Crippen molar-refractivity contribution >= 4 is 11.6 Å². The fourth-order valence-corrected chi connectivity index (χ4v) is 5.46. The van der Waals surface area contributed by atoms with Gasteiger partial charge in [0.25, 0.3) is 0 Å². The summed E-state index contributed by atoms with van der Waals surface area (Å²) >= 11 is 0. The van der Waals surface area contributed by atoms with Crippen LogP contribution in [0.1, 0.15) is 67.3 Å². The second kappa shape index (κ2) is 14.9. The fourth-order valence-electron chi connectivity index (χ4n) is 5.46. The highest BCUT2D eigenvalue weighted by Gasteiger charge is 2.27. The lowest BCUT2D eigenvalue weighted by Crippen LogP contribution is -2.32. The van der Waals surface area contributed by atoms with E-state index in [0.717, 1.165) is 68.3 Å². The summed E-state index contributed by atoms with van der Waals surface area (Å²) in [6.45, 7) is 14.9. The number of hydrogen-bond acceptors (Lipinski definition) is 5. The number of rotatable bonds is 9. The number of fused-ring (bicyclic) bond motifs is 1. The minimum atomic E-state index is 0.0751. The second-order valence-corrected chi connectivity index (χ2v) is 11.0. The summed E-state index contributed by atoms with van der Waals surface area (Å²) in [5, 5.41) is 3.21. The lowest BCUT2D eigenvalue weighted by molar-refractivity contribution is -0.117. The Hall–Kier alpha value is -3.51. The smallest absolute Gasteiger partial charge is 0.238 e. The van der Waals surface area contributed by atoms with Gasteiger partial charge in [0.1, 0.15) is 19.0 Å². The average molecular weight is 559 g/mol. The van der Waals surface area contributed by atoms with Crippen LogP contribution in [0.5, 0.6) is 17.2 Å². The summed E-state index contributed by atoms with van der Waals surface area (Å²) in [6.07, 6.45) is 3.95. The van der Waals surface area contributed by atoms with Gasteiger partial charge < -0.3 is 19.5 Å². The monoisotopic (exact) mass is 558 g/mol. The van der Waals surface area contributed by atoms with Gasteiger partial charge in [-0.05, 0) is 92.9 Å². The molecule has 5 rings (SSSR count). The highest BCUT2D eigenvalue weighted by atomic mass is 16.6. The predicted molar refractivity (Wildman–Crippen MR) is 167 cm³/mol. The van der Waals surface area contributed by atoms with Crippen LogP contribution in [0.3, 0.4) is 0 Å². The van der Waals surface area contributed by atoms with Gasteiger partial charge in [-0.2, -0.15) is 0 Å². The van der Waals surface area contributed by atoms with Crippen LogP contribution in [0.25, 0.3) is 0 Å². The number of ether oxygens (including phenoxy) is 3. The molecular weight excluding hydrogens is 512 g/mol. The van der Waals surface area contributed by atoms with Gasteiger partial charge in [0.05, 0.1) is 13.2 Å². The summed E-state index contributed by atoms with van der Waals surface area (Å²) in [4.78, 5) is 15.1. The molecule has 1 saturated heterocycles. The summed E-state index contributed by atoms with van der Waals surface area (Å²) in [6, 6.07) is 18.7. The molecule has 0 spiro atoms. The second-order valence-electron chi connectivity index (χ2n) is 11.0. The number of carbonyl (C=O) groups excluding carboxylic acids is 1. The minimum absolute atomic E-state index is 0.0751. The molecule has 0 saturated carbocycles. The summed E-state index contributed by atoms with van der Waals surface area (Å²) in [7, 11) is 0. The van der Waals surface area contributed by atoms with Crippen LogP contribution in [-0.4, -0.2) is 50.3 Å². The summed E-state index contributed by atoms with van der Waals surface area (Å²) < 4.78 is 16.8. The van der Waals surface area contributed by atoms with Crippen molar-refractivity contribution in [1.82, 2.24) is 4.90 Å². The maximum Gasteiger partial charge on any atom is 0.238 e. The van der Waals surface area contributed by atoms with Gasteiger partial charge in [-0.1, -0.05) is 62.2 Å². The number of benzene rings is 3. The zero-order valence-electron chi connectivity index (χ0n) is 25.4. The van der Waals surface area contributed by atoms with Crippen molar-refractivity contribution in [3.05, 3.63) is 82.4 Å². The number of carbonyl (C=O) groups is 1. The molecule has 1 atom stereocenters. The van der Waals surface area contributed by atoms with Crippen LogP contribution >= 0.6 is 0 Å². The Bertz CT molecular complexity index is 1260. The molecule has 220 valence electrons. The SMILES string of the molecule is CCCOc1ccc(C)cc1.CCc1cc(C)cc(CC)c1NC(=O)CN1CCC(c2ccc3c(c2)OCCO3)C1. The molecule has 6 nitrogen and oxygen atoms in total. The van der Waals surface area contributed by atoms with Gasteiger partial charge in [0.15, 0.2) is 11.5 Å². The molecular formula is C35H46N2O4. The van der Waals surface area contributed by atoms with Crippen LogP contribution in [-0.2, 0) is 17.6 Å². The molecule has 0 aliphatic carbocycles. The number of anilines is 1. The van der Waals surface area contributed by atoms with Crippen molar-refractivity contribution in [3.8, 4) is 17.2 Å². The van der Waals surface area contributed by atoms with E-state index in [9.17, 15) is 4.79 Å². The highest BCUT2D eigenvalue weighted by molar-refractivity contribution is 5.94. The van der Waals surface area contributed by atoms with Gasteiger partial charge in [-0.15, -0.1) is 0 Å². The number of aryl methyl sites for hydroxylation is 4. The molecule has 1 N–H and O–H groups in total. The predicted octanol–water partition coefficient (Wildman–Crippen LogP) is 7.10. The van der Waals surface area contributed by atoms with Crippen LogP contribution in [0.2, 0.25) is 0 Å². The quantitative estimate of drug-likeness (QED) is 0.304. The molecule has 0 aromatic heterocycles. The first-order chi connectivity index (χ1) is 19.9. The molecule has 3 aromatic rings. The first-order valence-corrected chi connectivity index (χ1v) is 15.1. The molecule has 6 heteroatoms. The third kappa shape index (κ3) is 8.49. The Balaban J connectivity index is 0.000000296. The number of nitrogens with zero attached hydrogens (tertiary/aromatic N) is 1. The zero-order valence-corrected chi connectivity index (χ0v) is 25.4. The molecule has 2 aliphatic heterocycles. The van der Waals surface area contributed by atoms with E-state index in [1.165, 1.54) is 27.8 Å². The molecule has 2 aliphatic rings. The Kier molecular flexibility index (Phi) is 11.1. The van der Waals surface area contributed by atoms with E-state index in [4.69, 9.17) is 14.2 Å². The van der Waals surface area contributed by atoms with Crippen molar-refractivity contribution in [1.29, 1.82) is 0 Å². The Morgan fingerprint density at radius 3 is 2.24 bits per heavy atom. The van der Waals surface area contributed by atoms with Gasteiger partial charge in [0.2, 0.25) is 5.91 Å². The van der Waals surface area contributed by atoms with E-state index in [-0.39, 0.29) is 5.91 Å². The van der Waals surface area contributed by atoms with E-state index in [1.807, 2.05) is 18.2 Å². The third-order valence-electron chi connectivity index (χ3n) is 7.64. The number of hydrogen-bond donors (Lipinski definition) is 1. The third-order valence-corrected chi connectivity index (χ3v) is 7.64. The number of amides is 1. The maximum atomic E-state index is 12.8. The van der Waals surface area contributed by atoms with Crippen LogP contribution in [0.15, 0.2) is 54.6 Å². The van der Waals surface area contributed by atoms with Gasteiger partial charge in [0, 0.05) is 12.2 Å². The molecule has 3 aromatic carbocycles. The molecule has 0 bridgehead atoms. The first-order valence-electron chi connectivity index (χ1n) is 15.1. The molecule has 1 fully saturated rings.